The molecule has 6 heteroatoms. The second-order valence-electron chi connectivity index (χ2n) is 7.77. The van der Waals surface area contributed by atoms with Crippen molar-refractivity contribution < 1.29 is 9.53 Å². The summed E-state index contributed by atoms with van der Waals surface area (Å²) >= 11 is 0. The number of ether oxygens (including phenoxy) is 1. The minimum Gasteiger partial charge on any atom is -0.489 e. The largest absolute Gasteiger partial charge is 0.489 e. The quantitative estimate of drug-likeness (QED) is 0.253. The normalized spacial score (nSPS) is 11.1. The van der Waals surface area contributed by atoms with Gasteiger partial charge in [-0.05, 0) is 46.2 Å². The third kappa shape index (κ3) is 5.02. The second kappa shape index (κ2) is 9.83. The lowest BCUT2D eigenvalue weighted by atomic mass is 10.1. The number of carbonyl (C=O) groups is 1. The van der Waals surface area contributed by atoms with Gasteiger partial charge in [-0.2, -0.15) is 10.2 Å². The minimum atomic E-state index is -0.368. The van der Waals surface area contributed by atoms with E-state index in [2.05, 4.69) is 38.9 Å². The van der Waals surface area contributed by atoms with Gasteiger partial charge in [0.15, 0.2) is 0 Å². The van der Waals surface area contributed by atoms with Gasteiger partial charge in [0.2, 0.25) is 0 Å². The first-order chi connectivity index (χ1) is 16.7. The van der Waals surface area contributed by atoms with Crippen molar-refractivity contribution in [1.82, 2.24) is 15.6 Å². The molecule has 0 saturated heterocycles. The zero-order valence-electron chi connectivity index (χ0n) is 18.3. The van der Waals surface area contributed by atoms with Crippen molar-refractivity contribution in [2.24, 2.45) is 5.10 Å². The standard InChI is InChI=1S/C28H22N4O2/c33-28(27-17-26(30-31-27)24-14-13-22-10-4-5-11-23(22)16-24)32-29-18-21-9-6-12-25(15-21)34-19-20-7-2-1-3-8-20/h1-18H,19H2,(H,30,31)(H,32,33)/b29-18+. The van der Waals surface area contributed by atoms with Gasteiger partial charge in [0.25, 0.3) is 5.91 Å². The van der Waals surface area contributed by atoms with Crippen LogP contribution in [0.4, 0.5) is 0 Å². The number of aromatic nitrogens is 2. The van der Waals surface area contributed by atoms with Gasteiger partial charge in [0, 0.05) is 5.56 Å². The molecule has 0 aliphatic heterocycles. The maximum absolute atomic E-state index is 12.5. The maximum Gasteiger partial charge on any atom is 0.289 e. The first kappa shape index (κ1) is 21.2. The van der Waals surface area contributed by atoms with Gasteiger partial charge in [0.05, 0.1) is 11.9 Å². The summed E-state index contributed by atoms with van der Waals surface area (Å²) in [6, 6.07) is 33.4. The third-order valence-corrected chi connectivity index (χ3v) is 5.35. The molecule has 4 aromatic carbocycles. The number of fused-ring (bicyclic) bond motifs is 1. The van der Waals surface area contributed by atoms with Crippen LogP contribution in [-0.2, 0) is 6.61 Å². The fourth-order valence-electron chi connectivity index (χ4n) is 3.59. The summed E-state index contributed by atoms with van der Waals surface area (Å²) < 4.78 is 5.84. The number of hydrazone groups is 1. The molecule has 0 spiro atoms. The van der Waals surface area contributed by atoms with E-state index in [1.165, 1.54) is 0 Å². The Bertz CT molecular complexity index is 1460. The number of hydrogen-bond acceptors (Lipinski definition) is 4. The van der Waals surface area contributed by atoms with Crippen LogP contribution in [0.1, 0.15) is 21.6 Å². The Hall–Kier alpha value is -4.71. The van der Waals surface area contributed by atoms with Gasteiger partial charge in [-0.15, -0.1) is 0 Å². The Kier molecular flexibility index (Phi) is 6.12. The highest BCUT2D eigenvalue weighted by Crippen LogP contribution is 2.23. The Labute approximate surface area is 196 Å². The molecule has 0 atom stereocenters. The van der Waals surface area contributed by atoms with Crippen molar-refractivity contribution >= 4 is 22.9 Å². The van der Waals surface area contributed by atoms with Crippen molar-refractivity contribution in [3.63, 3.8) is 0 Å². The van der Waals surface area contributed by atoms with E-state index in [1.807, 2.05) is 78.9 Å². The van der Waals surface area contributed by atoms with Crippen LogP contribution >= 0.6 is 0 Å². The number of H-pyrrole nitrogens is 1. The molecule has 5 rings (SSSR count). The molecular weight excluding hydrogens is 424 g/mol. The lowest BCUT2D eigenvalue weighted by Crippen LogP contribution is -2.18. The number of carbonyl (C=O) groups excluding carboxylic acids is 1. The summed E-state index contributed by atoms with van der Waals surface area (Å²) in [6.07, 6.45) is 1.58. The highest BCUT2D eigenvalue weighted by Gasteiger charge is 2.11. The number of hydrogen-bond donors (Lipinski definition) is 2. The maximum atomic E-state index is 12.5. The topological polar surface area (TPSA) is 79.4 Å². The number of benzene rings is 4. The first-order valence-electron chi connectivity index (χ1n) is 10.9. The molecule has 2 N–H and O–H groups in total. The zero-order valence-corrected chi connectivity index (χ0v) is 18.3. The Morgan fingerprint density at radius 3 is 2.59 bits per heavy atom. The SMILES string of the molecule is O=C(N/N=C/c1cccc(OCc2ccccc2)c1)c1cc(-c2ccc3ccccc3c2)n[nH]1. The van der Waals surface area contributed by atoms with E-state index in [0.29, 0.717) is 18.0 Å². The van der Waals surface area contributed by atoms with E-state index in [1.54, 1.807) is 12.3 Å². The van der Waals surface area contributed by atoms with E-state index < -0.39 is 0 Å². The van der Waals surface area contributed by atoms with E-state index in [0.717, 1.165) is 33.2 Å². The minimum absolute atomic E-state index is 0.334. The average Bonchev–Trinajstić information content (AvgIpc) is 3.39. The summed E-state index contributed by atoms with van der Waals surface area (Å²) in [4.78, 5) is 12.5. The van der Waals surface area contributed by atoms with E-state index in [9.17, 15) is 4.79 Å². The lowest BCUT2D eigenvalue weighted by molar-refractivity contribution is 0.0950. The molecule has 0 radical (unpaired) electrons. The molecule has 0 fully saturated rings. The molecular formula is C28H22N4O2. The van der Waals surface area contributed by atoms with Crippen LogP contribution in [-0.4, -0.2) is 22.3 Å². The highest BCUT2D eigenvalue weighted by atomic mass is 16.5. The number of amides is 1. The fourth-order valence-corrected chi connectivity index (χ4v) is 3.59. The van der Waals surface area contributed by atoms with Gasteiger partial charge in [-0.1, -0.05) is 78.9 Å². The monoisotopic (exact) mass is 446 g/mol. The van der Waals surface area contributed by atoms with Gasteiger partial charge >= 0.3 is 0 Å². The summed E-state index contributed by atoms with van der Waals surface area (Å²) in [6.45, 7) is 0.484. The summed E-state index contributed by atoms with van der Waals surface area (Å²) in [5, 5.41) is 13.4. The predicted octanol–water partition coefficient (Wildman–Crippen LogP) is 5.57. The summed E-state index contributed by atoms with van der Waals surface area (Å²) in [5.41, 5.74) is 6.41. The first-order valence-corrected chi connectivity index (χ1v) is 10.9. The van der Waals surface area contributed by atoms with Crippen molar-refractivity contribution in [2.75, 3.05) is 0 Å². The van der Waals surface area contributed by atoms with Crippen LogP contribution in [0.2, 0.25) is 0 Å². The Morgan fingerprint density at radius 2 is 1.71 bits per heavy atom. The average molecular weight is 447 g/mol. The number of nitrogens with one attached hydrogen (secondary N) is 2. The molecule has 0 aliphatic carbocycles. The molecule has 6 nitrogen and oxygen atoms in total. The molecule has 0 aliphatic rings. The van der Waals surface area contributed by atoms with E-state index in [4.69, 9.17) is 4.74 Å². The van der Waals surface area contributed by atoms with Crippen LogP contribution in [0.5, 0.6) is 5.75 Å². The Morgan fingerprint density at radius 1 is 0.882 bits per heavy atom. The molecule has 1 heterocycles. The van der Waals surface area contributed by atoms with Gasteiger partial charge < -0.3 is 4.74 Å². The van der Waals surface area contributed by atoms with E-state index >= 15 is 0 Å². The zero-order chi connectivity index (χ0) is 23.2. The molecule has 0 saturated carbocycles. The molecule has 5 aromatic rings. The van der Waals surface area contributed by atoms with Gasteiger partial charge in [-0.25, -0.2) is 5.43 Å². The van der Waals surface area contributed by atoms with Crippen molar-refractivity contribution in [1.29, 1.82) is 0 Å². The van der Waals surface area contributed by atoms with Crippen molar-refractivity contribution in [2.45, 2.75) is 6.61 Å². The van der Waals surface area contributed by atoms with Crippen LogP contribution in [0.25, 0.3) is 22.0 Å². The molecule has 0 unspecified atom stereocenters. The molecule has 166 valence electrons. The van der Waals surface area contributed by atoms with Gasteiger partial charge in [-0.3, -0.25) is 9.89 Å². The highest BCUT2D eigenvalue weighted by molar-refractivity contribution is 5.94. The van der Waals surface area contributed by atoms with Crippen molar-refractivity contribution in [3.05, 3.63) is 120 Å². The fraction of sp³-hybridized carbons (Fsp3) is 0.0357. The second-order valence-corrected chi connectivity index (χ2v) is 7.77. The summed E-state index contributed by atoms with van der Waals surface area (Å²) in [5.74, 6) is 0.361. The molecule has 1 aromatic heterocycles. The predicted molar refractivity (Wildman–Crippen MR) is 134 cm³/mol. The smallest absolute Gasteiger partial charge is 0.289 e. The van der Waals surface area contributed by atoms with Crippen LogP contribution < -0.4 is 10.2 Å². The lowest BCUT2D eigenvalue weighted by Gasteiger charge is -2.06. The molecule has 0 bridgehead atoms. The number of aromatic amines is 1. The van der Waals surface area contributed by atoms with Gasteiger partial charge in [0.1, 0.15) is 18.1 Å². The van der Waals surface area contributed by atoms with Crippen LogP contribution in [0.3, 0.4) is 0 Å². The molecule has 34 heavy (non-hydrogen) atoms. The molecule has 1 amide bonds. The third-order valence-electron chi connectivity index (χ3n) is 5.35. The van der Waals surface area contributed by atoms with Crippen LogP contribution in [0.15, 0.2) is 108 Å². The number of nitrogens with zero attached hydrogens (tertiary/aromatic N) is 2. The Balaban J connectivity index is 1.20. The van der Waals surface area contributed by atoms with E-state index in [-0.39, 0.29) is 5.91 Å². The van der Waals surface area contributed by atoms with Crippen LogP contribution in [0, 0.1) is 0 Å². The summed E-state index contributed by atoms with van der Waals surface area (Å²) in [7, 11) is 0. The number of rotatable bonds is 7. The van der Waals surface area contributed by atoms with Crippen molar-refractivity contribution in [3.8, 4) is 17.0 Å².